The highest BCUT2D eigenvalue weighted by Gasteiger charge is 2.43. The number of nitrogens with zero attached hydrogens (tertiary/aromatic N) is 2. The third-order valence-corrected chi connectivity index (χ3v) is 7.15. The number of amides is 1. The highest BCUT2D eigenvalue weighted by atomic mass is 16.2. The molecular weight excluding hydrogens is 322 g/mol. The van der Waals surface area contributed by atoms with Gasteiger partial charge in [-0.15, -0.1) is 0 Å². The number of hydrogen-bond acceptors (Lipinski definition) is 3. The minimum Gasteiger partial charge on any atom is -0.341 e. The molecule has 1 saturated carbocycles. The van der Waals surface area contributed by atoms with Gasteiger partial charge in [0.2, 0.25) is 5.91 Å². The number of hydrogen-bond donors (Lipinski definition) is 1. The first-order valence-corrected chi connectivity index (χ1v) is 10.4. The van der Waals surface area contributed by atoms with Gasteiger partial charge in [-0.1, -0.05) is 30.3 Å². The minimum atomic E-state index is 0.0164. The molecule has 1 amide bonds. The zero-order chi connectivity index (χ0) is 18.1. The molecule has 0 aromatic heterocycles. The average Bonchev–Trinajstić information content (AvgIpc) is 3.24. The molecule has 3 fully saturated rings. The quantitative estimate of drug-likeness (QED) is 0.903. The molecular formula is C22H33N3O. The Morgan fingerprint density at radius 1 is 1.12 bits per heavy atom. The van der Waals surface area contributed by atoms with Crippen LogP contribution >= 0.6 is 0 Å². The molecule has 4 heteroatoms. The van der Waals surface area contributed by atoms with Crippen LogP contribution in [0.3, 0.4) is 0 Å². The Morgan fingerprint density at radius 2 is 1.85 bits per heavy atom. The Morgan fingerprint density at radius 3 is 2.54 bits per heavy atom. The van der Waals surface area contributed by atoms with E-state index in [0.717, 1.165) is 38.5 Å². The SMILES string of the molecule is CC(C(=O)N1CC2CCC(N)C2C1)N1CCC(Cc2ccccc2)CC1. The van der Waals surface area contributed by atoms with Gasteiger partial charge in [-0.25, -0.2) is 0 Å². The zero-order valence-electron chi connectivity index (χ0n) is 16.0. The molecule has 4 unspecified atom stereocenters. The first-order chi connectivity index (χ1) is 12.6. The molecule has 4 atom stereocenters. The normalized spacial score (nSPS) is 31.2. The van der Waals surface area contributed by atoms with Gasteiger partial charge in [-0.3, -0.25) is 9.69 Å². The fourth-order valence-electron chi connectivity index (χ4n) is 5.40. The number of carbonyl (C=O) groups excluding carboxylic acids is 1. The highest BCUT2D eigenvalue weighted by Crippen LogP contribution is 2.37. The van der Waals surface area contributed by atoms with E-state index in [-0.39, 0.29) is 6.04 Å². The fraction of sp³-hybridized carbons (Fsp3) is 0.682. The van der Waals surface area contributed by atoms with Crippen LogP contribution in [-0.2, 0) is 11.2 Å². The summed E-state index contributed by atoms with van der Waals surface area (Å²) in [6.45, 7) is 6.02. The highest BCUT2D eigenvalue weighted by molar-refractivity contribution is 5.81. The van der Waals surface area contributed by atoms with Crippen molar-refractivity contribution in [2.24, 2.45) is 23.5 Å². The summed E-state index contributed by atoms with van der Waals surface area (Å²) >= 11 is 0. The van der Waals surface area contributed by atoms with Crippen LogP contribution in [0.1, 0.15) is 38.2 Å². The van der Waals surface area contributed by atoms with Crippen LogP contribution in [0.25, 0.3) is 0 Å². The van der Waals surface area contributed by atoms with E-state index in [2.05, 4.69) is 47.1 Å². The van der Waals surface area contributed by atoms with Crippen molar-refractivity contribution in [3.63, 3.8) is 0 Å². The molecule has 0 spiro atoms. The number of nitrogens with two attached hydrogens (primary N) is 1. The molecule has 2 aliphatic heterocycles. The summed E-state index contributed by atoms with van der Waals surface area (Å²) in [4.78, 5) is 17.5. The van der Waals surface area contributed by atoms with Crippen LogP contribution in [0.4, 0.5) is 0 Å². The van der Waals surface area contributed by atoms with Crippen LogP contribution in [0.15, 0.2) is 30.3 Å². The summed E-state index contributed by atoms with van der Waals surface area (Å²) in [5.74, 6) is 2.27. The minimum absolute atomic E-state index is 0.0164. The predicted molar refractivity (Wildman–Crippen MR) is 105 cm³/mol. The Labute approximate surface area is 157 Å². The molecule has 2 saturated heterocycles. The fourth-order valence-corrected chi connectivity index (χ4v) is 5.40. The van der Waals surface area contributed by atoms with Crippen molar-refractivity contribution in [3.05, 3.63) is 35.9 Å². The number of carbonyl (C=O) groups is 1. The Kier molecular flexibility index (Phi) is 5.32. The maximum Gasteiger partial charge on any atom is 0.239 e. The topological polar surface area (TPSA) is 49.6 Å². The molecule has 0 bridgehead atoms. The Hall–Kier alpha value is -1.39. The van der Waals surface area contributed by atoms with Crippen molar-refractivity contribution < 1.29 is 4.79 Å². The van der Waals surface area contributed by atoms with Gasteiger partial charge in [0.05, 0.1) is 6.04 Å². The summed E-state index contributed by atoms with van der Waals surface area (Å²) < 4.78 is 0. The second kappa shape index (κ2) is 7.69. The lowest BCUT2D eigenvalue weighted by molar-refractivity contribution is -0.136. The first-order valence-electron chi connectivity index (χ1n) is 10.4. The van der Waals surface area contributed by atoms with E-state index in [1.54, 1.807) is 0 Å². The van der Waals surface area contributed by atoms with E-state index in [9.17, 15) is 4.79 Å². The average molecular weight is 356 g/mol. The molecule has 4 rings (SSSR count). The number of fused-ring (bicyclic) bond motifs is 1. The Balaban J connectivity index is 1.27. The first kappa shape index (κ1) is 18.0. The lowest BCUT2D eigenvalue weighted by atomic mass is 9.89. The van der Waals surface area contributed by atoms with Crippen molar-refractivity contribution in [2.45, 2.75) is 51.1 Å². The van der Waals surface area contributed by atoms with Gasteiger partial charge in [-0.2, -0.15) is 0 Å². The smallest absolute Gasteiger partial charge is 0.239 e. The lowest BCUT2D eigenvalue weighted by Gasteiger charge is -2.37. The van der Waals surface area contributed by atoms with Crippen molar-refractivity contribution >= 4 is 5.91 Å². The summed E-state index contributed by atoms with van der Waals surface area (Å²) in [7, 11) is 0. The van der Waals surface area contributed by atoms with E-state index < -0.39 is 0 Å². The van der Waals surface area contributed by atoms with E-state index in [4.69, 9.17) is 5.73 Å². The zero-order valence-corrected chi connectivity index (χ0v) is 16.0. The number of benzene rings is 1. The van der Waals surface area contributed by atoms with E-state index in [1.165, 1.54) is 31.2 Å². The largest absolute Gasteiger partial charge is 0.341 e. The van der Waals surface area contributed by atoms with Gasteiger partial charge in [0.1, 0.15) is 0 Å². The molecule has 4 nitrogen and oxygen atoms in total. The van der Waals surface area contributed by atoms with Gasteiger partial charge in [-0.05, 0) is 75.4 Å². The van der Waals surface area contributed by atoms with Crippen molar-refractivity contribution in [1.82, 2.24) is 9.80 Å². The van der Waals surface area contributed by atoms with Gasteiger partial charge < -0.3 is 10.6 Å². The van der Waals surface area contributed by atoms with E-state index in [0.29, 0.717) is 23.8 Å². The van der Waals surface area contributed by atoms with Crippen LogP contribution in [0, 0.1) is 17.8 Å². The summed E-state index contributed by atoms with van der Waals surface area (Å²) in [6, 6.07) is 11.1. The lowest BCUT2D eigenvalue weighted by Crippen LogP contribution is -2.49. The molecule has 1 aromatic rings. The molecule has 0 radical (unpaired) electrons. The third kappa shape index (κ3) is 3.67. The molecule has 2 heterocycles. The van der Waals surface area contributed by atoms with Crippen LogP contribution < -0.4 is 5.73 Å². The third-order valence-electron chi connectivity index (χ3n) is 7.15. The monoisotopic (exact) mass is 355 g/mol. The molecule has 1 aliphatic carbocycles. The van der Waals surface area contributed by atoms with Gasteiger partial charge >= 0.3 is 0 Å². The van der Waals surface area contributed by atoms with Gasteiger partial charge in [0, 0.05) is 19.1 Å². The van der Waals surface area contributed by atoms with Crippen LogP contribution in [-0.4, -0.2) is 54.0 Å². The summed E-state index contributed by atoms with van der Waals surface area (Å²) in [5.41, 5.74) is 7.67. The standard InChI is InChI=1S/C22H33N3O/c1-16(22(26)25-14-19-7-8-21(23)20(19)15-25)24-11-9-18(10-12-24)13-17-5-3-2-4-6-17/h2-6,16,18-21H,7-15,23H2,1H3. The predicted octanol–water partition coefficient (Wildman–Crippen LogP) is 2.53. The number of piperidine rings is 1. The van der Waals surface area contributed by atoms with Crippen molar-refractivity contribution in [1.29, 1.82) is 0 Å². The van der Waals surface area contributed by atoms with Crippen LogP contribution in [0.2, 0.25) is 0 Å². The van der Waals surface area contributed by atoms with Crippen LogP contribution in [0.5, 0.6) is 0 Å². The van der Waals surface area contributed by atoms with Gasteiger partial charge in [0.15, 0.2) is 0 Å². The van der Waals surface area contributed by atoms with E-state index >= 15 is 0 Å². The second-order valence-corrected chi connectivity index (χ2v) is 8.75. The van der Waals surface area contributed by atoms with E-state index in [1.807, 2.05) is 0 Å². The van der Waals surface area contributed by atoms with Gasteiger partial charge in [0.25, 0.3) is 0 Å². The molecule has 3 aliphatic rings. The Bertz CT molecular complexity index is 611. The maximum atomic E-state index is 13.0. The van der Waals surface area contributed by atoms with Crippen molar-refractivity contribution in [2.75, 3.05) is 26.2 Å². The summed E-state index contributed by atoms with van der Waals surface area (Å²) in [6.07, 6.45) is 5.91. The molecule has 1 aromatic carbocycles. The van der Waals surface area contributed by atoms with Crippen molar-refractivity contribution in [3.8, 4) is 0 Å². The number of likely N-dealkylation sites (tertiary alicyclic amines) is 2. The number of rotatable bonds is 4. The molecule has 26 heavy (non-hydrogen) atoms. The maximum absolute atomic E-state index is 13.0. The second-order valence-electron chi connectivity index (χ2n) is 8.75. The molecule has 2 N–H and O–H groups in total. The molecule has 142 valence electrons. The summed E-state index contributed by atoms with van der Waals surface area (Å²) in [5, 5.41) is 0.